The molecule has 2 fully saturated rings. The Morgan fingerprint density at radius 2 is 1.79 bits per heavy atom. The number of nitriles is 1. The van der Waals surface area contributed by atoms with Crippen LogP contribution in [0, 0.1) is 33.3 Å². The quantitative estimate of drug-likeness (QED) is 0.263. The van der Waals surface area contributed by atoms with Crippen molar-refractivity contribution >= 4 is 44.9 Å². The van der Waals surface area contributed by atoms with E-state index in [-0.39, 0.29) is 11.3 Å². The van der Waals surface area contributed by atoms with E-state index in [0.717, 1.165) is 9.37 Å². The number of hydrogen-bond donors (Lipinski definition) is 0. The SMILES string of the molecule is N#CC1=C[C@@H]2[C@H]3C(=O)N(c4ccc(Br)cc4)C(=O)[C@@H]3[C@@H](C(=O)c3cccc([N+](=O)[O-])c3)N2C=C1. The van der Waals surface area contributed by atoms with Crippen LogP contribution in [-0.2, 0) is 9.59 Å². The lowest BCUT2D eigenvalue weighted by Crippen LogP contribution is -2.46. The number of carbonyl (C=O) groups is 3. The maximum absolute atomic E-state index is 13.6. The van der Waals surface area contributed by atoms with Gasteiger partial charge in [-0.15, -0.1) is 0 Å². The number of nitrogens with zero attached hydrogens (tertiary/aromatic N) is 4. The van der Waals surface area contributed by atoms with Gasteiger partial charge in [0.25, 0.3) is 5.69 Å². The Morgan fingerprint density at radius 3 is 2.47 bits per heavy atom. The number of ketones is 1. The van der Waals surface area contributed by atoms with E-state index < -0.39 is 46.4 Å². The molecule has 2 amide bonds. The van der Waals surface area contributed by atoms with Gasteiger partial charge in [-0.05, 0) is 36.4 Å². The van der Waals surface area contributed by atoms with Crippen molar-refractivity contribution in [3.8, 4) is 6.07 Å². The number of allylic oxidation sites excluding steroid dienone is 2. The van der Waals surface area contributed by atoms with Crippen LogP contribution in [0.5, 0.6) is 0 Å². The maximum atomic E-state index is 13.6. The summed E-state index contributed by atoms with van der Waals surface area (Å²) in [5.41, 5.74) is 0.537. The molecule has 0 aliphatic carbocycles. The molecule has 2 aromatic carbocycles. The fourth-order valence-electron chi connectivity index (χ4n) is 4.91. The van der Waals surface area contributed by atoms with Gasteiger partial charge in [-0.1, -0.05) is 28.1 Å². The molecule has 5 rings (SSSR count). The van der Waals surface area contributed by atoms with Crippen molar-refractivity contribution in [2.45, 2.75) is 12.1 Å². The third-order valence-electron chi connectivity index (χ3n) is 6.37. The van der Waals surface area contributed by atoms with Gasteiger partial charge in [-0.25, -0.2) is 4.90 Å². The minimum Gasteiger partial charge on any atom is -0.359 e. The minimum atomic E-state index is -1.05. The highest BCUT2D eigenvalue weighted by Crippen LogP contribution is 2.47. The van der Waals surface area contributed by atoms with Gasteiger partial charge >= 0.3 is 0 Å². The highest BCUT2D eigenvalue weighted by molar-refractivity contribution is 9.10. The standard InChI is InChI=1S/C24H15BrN4O5/c25-15-4-6-16(7-5-15)28-23(31)19-18-10-13(12-26)8-9-27(18)21(20(19)24(28)32)22(30)14-2-1-3-17(11-14)29(33)34/h1-11,18-21H/t18-,19-,20+,21+/m1/s1. The number of anilines is 1. The number of hydrogen-bond acceptors (Lipinski definition) is 7. The number of benzene rings is 2. The van der Waals surface area contributed by atoms with Crippen LogP contribution in [0.1, 0.15) is 10.4 Å². The van der Waals surface area contributed by atoms with Crippen molar-refractivity contribution in [2.75, 3.05) is 4.90 Å². The van der Waals surface area contributed by atoms with E-state index in [1.165, 1.54) is 30.3 Å². The Hall–Kier alpha value is -4.10. The smallest absolute Gasteiger partial charge is 0.270 e. The predicted molar refractivity (Wildman–Crippen MR) is 123 cm³/mol. The number of fused-ring (bicyclic) bond motifs is 3. The number of rotatable bonds is 4. The second-order valence-corrected chi connectivity index (χ2v) is 9.06. The molecule has 168 valence electrons. The zero-order valence-corrected chi connectivity index (χ0v) is 19.0. The largest absolute Gasteiger partial charge is 0.359 e. The molecule has 4 atom stereocenters. The number of amides is 2. The number of nitro groups is 1. The summed E-state index contributed by atoms with van der Waals surface area (Å²) in [4.78, 5) is 54.1. The van der Waals surface area contributed by atoms with Gasteiger partial charge in [-0.3, -0.25) is 24.5 Å². The minimum absolute atomic E-state index is 0.0735. The summed E-state index contributed by atoms with van der Waals surface area (Å²) in [7, 11) is 0. The zero-order valence-electron chi connectivity index (χ0n) is 17.4. The first-order valence-corrected chi connectivity index (χ1v) is 11.1. The molecule has 0 radical (unpaired) electrons. The van der Waals surface area contributed by atoms with Crippen LogP contribution in [0.3, 0.4) is 0 Å². The molecule has 0 aromatic heterocycles. The first-order valence-electron chi connectivity index (χ1n) is 10.3. The van der Waals surface area contributed by atoms with Gasteiger partial charge in [0, 0.05) is 28.4 Å². The highest BCUT2D eigenvalue weighted by atomic mass is 79.9. The molecule has 10 heteroatoms. The van der Waals surface area contributed by atoms with E-state index >= 15 is 0 Å². The fraction of sp³-hybridized carbons (Fsp3) is 0.167. The fourth-order valence-corrected chi connectivity index (χ4v) is 5.17. The second-order valence-electron chi connectivity index (χ2n) is 8.14. The van der Waals surface area contributed by atoms with Gasteiger partial charge < -0.3 is 4.90 Å². The number of Topliss-reactive ketones (excluding diaryl/α,β-unsaturated/α-hetero) is 1. The van der Waals surface area contributed by atoms with Crippen LogP contribution < -0.4 is 4.90 Å². The van der Waals surface area contributed by atoms with Gasteiger partial charge in [0.15, 0.2) is 5.78 Å². The summed E-state index contributed by atoms with van der Waals surface area (Å²) in [5, 5.41) is 20.6. The van der Waals surface area contributed by atoms with E-state index in [1.807, 2.05) is 6.07 Å². The van der Waals surface area contributed by atoms with Crippen LogP contribution in [0.15, 0.2) is 76.9 Å². The number of nitro benzene ring substituents is 1. The lowest BCUT2D eigenvalue weighted by Gasteiger charge is -2.32. The molecule has 2 saturated heterocycles. The molecule has 9 nitrogen and oxygen atoms in total. The molecular weight excluding hydrogens is 504 g/mol. The Labute approximate surface area is 201 Å². The molecule has 3 aliphatic heterocycles. The Morgan fingerprint density at radius 1 is 1.09 bits per heavy atom. The first-order chi connectivity index (χ1) is 16.3. The number of carbonyl (C=O) groups excluding carboxylic acids is 3. The van der Waals surface area contributed by atoms with Gasteiger partial charge in [0.05, 0.1) is 40.1 Å². The molecule has 2 aromatic rings. The monoisotopic (exact) mass is 518 g/mol. The van der Waals surface area contributed by atoms with Crippen molar-refractivity contribution in [1.29, 1.82) is 5.26 Å². The van der Waals surface area contributed by atoms with E-state index in [0.29, 0.717) is 11.3 Å². The van der Waals surface area contributed by atoms with E-state index in [2.05, 4.69) is 15.9 Å². The second kappa shape index (κ2) is 8.04. The van der Waals surface area contributed by atoms with Crippen LogP contribution in [0.4, 0.5) is 11.4 Å². The Bertz CT molecular complexity index is 1360. The van der Waals surface area contributed by atoms with Crippen LogP contribution in [-0.4, -0.2) is 39.5 Å². The molecule has 0 N–H and O–H groups in total. The van der Waals surface area contributed by atoms with Crippen molar-refractivity contribution in [2.24, 2.45) is 11.8 Å². The summed E-state index contributed by atoms with van der Waals surface area (Å²) < 4.78 is 0.777. The lowest BCUT2D eigenvalue weighted by atomic mass is 9.86. The van der Waals surface area contributed by atoms with Crippen molar-refractivity contribution in [1.82, 2.24) is 4.90 Å². The van der Waals surface area contributed by atoms with Crippen LogP contribution >= 0.6 is 15.9 Å². The topological polar surface area (TPSA) is 125 Å². The molecule has 34 heavy (non-hydrogen) atoms. The Balaban J connectivity index is 1.60. The van der Waals surface area contributed by atoms with E-state index in [9.17, 15) is 29.8 Å². The number of imide groups is 1. The van der Waals surface area contributed by atoms with Gasteiger partial charge in [0.1, 0.15) is 6.04 Å². The molecule has 0 saturated carbocycles. The predicted octanol–water partition coefficient (Wildman–Crippen LogP) is 3.38. The van der Waals surface area contributed by atoms with E-state index in [4.69, 9.17) is 0 Å². The highest BCUT2D eigenvalue weighted by Gasteiger charge is 2.63. The first kappa shape index (κ1) is 21.7. The summed E-state index contributed by atoms with van der Waals surface area (Å²) >= 11 is 3.33. The maximum Gasteiger partial charge on any atom is 0.270 e. The third kappa shape index (κ3) is 3.24. The van der Waals surface area contributed by atoms with Crippen LogP contribution in [0.25, 0.3) is 0 Å². The summed E-state index contributed by atoms with van der Waals surface area (Å²) in [6, 6.07) is 12.3. The van der Waals surface area contributed by atoms with Crippen molar-refractivity contribution in [3.05, 3.63) is 92.6 Å². The van der Waals surface area contributed by atoms with Crippen molar-refractivity contribution in [3.63, 3.8) is 0 Å². The summed E-state index contributed by atoms with van der Waals surface area (Å²) in [6.07, 6.45) is 4.66. The number of non-ortho nitro benzene ring substituents is 1. The van der Waals surface area contributed by atoms with Gasteiger partial charge in [0.2, 0.25) is 11.8 Å². The molecular formula is C24H15BrN4O5. The summed E-state index contributed by atoms with van der Waals surface area (Å²) in [6.45, 7) is 0. The number of halogens is 1. The van der Waals surface area contributed by atoms with E-state index in [1.54, 1.807) is 41.4 Å². The zero-order chi connectivity index (χ0) is 24.1. The molecule has 0 spiro atoms. The molecule has 3 heterocycles. The molecule has 0 bridgehead atoms. The molecule has 3 aliphatic rings. The summed E-state index contributed by atoms with van der Waals surface area (Å²) in [5.74, 6) is -3.36. The van der Waals surface area contributed by atoms with Crippen LogP contribution in [0.2, 0.25) is 0 Å². The normalized spacial score (nSPS) is 25.0. The average molecular weight is 519 g/mol. The molecule has 0 unspecified atom stereocenters. The average Bonchev–Trinajstić information content (AvgIpc) is 3.31. The third-order valence-corrected chi connectivity index (χ3v) is 6.90. The van der Waals surface area contributed by atoms with Crippen molar-refractivity contribution < 1.29 is 19.3 Å². The Kier molecular flexibility index (Phi) is 5.14. The lowest BCUT2D eigenvalue weighted by molar-refractivity contribution is -0.384. The van der Waals surface area contributed by atoms with Gasteiger partial charge in [-0.2, -0.15) is 5.26 Å².